The Morgan fingerprint density at radius 3 is 1.96 bits per heavy atom. The van der Waals surface area contributed by atoms with Gasteiger partial charge in [0.05, 0.1) is 11.1 Å². The molecular weight excluding hydrogens is 338 g/mol. The van der Waals surface area contributed by atoms with Crippen molar-refractivity contribution in [1.29, 1.82) is 0 Å². The summed E-state index contributed by atoms with van der Waals surface area (Å²) in [6.07, 6.45) is -10.0. The van der Waals surface area contributed by atoms with Crippen molar-refractivity contribution >= 4 is 11.7 Å². The monoisotopic (exact) mass is 348 g/mol. The maximum Gasteiger partial charge on any atom is 0.416 e. The van der Waals surface area contributed by atoms with Crippen molar-refractivity contribution in [2.75, 3.05) is 5.32 Å². The number of benzene rings is 1. The van der Waals surface area contributed by atoms with Gasteiger partial charge in [0.15, 0.2) is 0 Å². The predicted molar refractivity (Wildman–Crippen MR) is 73.4 cm³/mol. The highest BCUT2D eigenvalue weighted by molar-refractivity contribution is 6.04. The van der Waals surface area contributed by atoms with Gasteiger partial charge in [0.1, 0.15) is 5.82 Å². The zero-order valence-corrected chi connectivity index (χ0v) is 12.1. The van der Waals surface area contributed by atoms with E-state index in [1.807, 2.05) is 0 Å². The predicted octanol–water partition coefficient (Wildman–Crippen LogP) is 4.68. The van der Waals surface area contributed by atoms with Crippen molar-refractivity contribution in [3.63, 3.8) is 0 Å². The van der Waals surface area contributed by atoms with Gasteiger partial charge in [-0.3, -0.25) is 4.79 Å². The lowest BCUT2D eigenvalue weighted by atomic mass is 10.0. The summed E-state index contributed by atoms with van der Waals surface area (Å²) in [5.74, 6) is -1.10. The summed E-state index contributed by atoms with van der Waals surface area (Å²) < 4.78 is 76.6. The fourth-order valence-corrected chi connectivity index (χ4v) is 1.89. The third-order valence-corrected chi connectivity index (χ3v) is 2.98. The number of hydrogen-bond donors (Lipinski definition) is 1. The van der Waals surface area contributed by atoms with E-state index < -0.39 is 35.0 Å². The molecule has 0 bridgehead atoms. The average Bonchev–Trinajstić information content (AvgIpc) is 2.45. The van der Waals surface area contributed by atoms with E-state index in [-0.39, 0.29) is 11.9 Å². The van der Waals surface area contributed by atoms with Crippen molar-refractivity contribution in [3.05, 3.63) is 58.8 Å². The van der Waals surface area contributed by atoms with Gasteiger partial charge in [-0.15, -0.1) is 0 Å². The second-order valence-electron chi connectivity index (χ2n) is 4.91. The Bertz CT molecular complexity index is 735. The van der Waals surface area contributed by atoms with E-state index in [4.69, 9.17) is 0 Å². The summed E-state index contributed by atoms with van der Waals surface area (Å²) >= 11 is 0. The van der Waals surface area contributed by atoms with Crippen LogP contribution in [0.1, 0.15) is 27.2 Å². The summed E-state index contributed by atoms with van der Waals surface area (Å²) in [6, 6.07) is 5.19. The SMILES string of the molecule is Cc1cccc(NC(=O)c2cc(C(F)(F)F)cc(C(F)(F)F)c2)n1. The van der Waals surface area contributed by atoms with Crippen LogP contribution in [0, 0.1) is 6.92 Å². The van der Waals surface area contributed by atoms with Crippen LogP contribution in [0.4, 0.5) is 32.2 Å². The smallest absolute Gasteiger partial charge is 0.307 e. The van der Waals surface area contributed by atoms with Gasteiger partial charge in [-0.2, -0.15) is 26.3 Å². The van der Waals surface area contributed by atoms with Crippen LogP contribution < -0.4 is 5.32 Å². The molecule has 2 rings (SSSR count). The summed E-state index contributed by atoms with van der Waals surface area (Å²) in [5, 5.41) is 2.17. The molecule has 0 unspecified atom stereocenters. The molecule has 0 saturated heterocycles. The van der Waals surface area contributed by atoms with Crippen LogP contribution in [0.15, 0.2) is 36.4 Å². The Balaban J connectivity index is 2.43. The molecule has 0 spiro atoms. The molecule has 0 radical (unpaired) electrons. The number of amides is 1. The molecule has 0 saturated carbocycles. The van der Waals surface area contributed by atoms with E-state index in [1.165, 1.54) is 12.1 Å². The molecule has 1 amide bonds. The molecule has 0 aliphatic carbocycles. The van der Waals surface area contributed by atoms with Crippen LogP contribution in [0.3, 0.4) is 0 Å². The second kappa shape index (κ2) is 6.14. The molecule has 0 aliphatic rings. The van der Waals surface area contributed by atoms with Crippen molar-refractivity contribution in [2.45, 2.75) is 19.3 Å². The highest BCUT2D eigenvalue weighted by atomic mass is 19.4. The zero-order valence-electron chi connectivity index (χ0n) is 12.1. The average molecular weight is 348 g/mol. The number of nitrogens with one attached hydrogen (secondary N) is 1. The number of hydrogen-bond acceptors (Lipinski definition) is 2. The first-order valence-corrected chi connectivity index (χ1v) is 6.51. The van der Waals surface area contributed by atoms with E-state index in [9.17, 15) is 31.1 Å². The molecule has 24 heavy (non-hydrogen) atoms. The Hall–Kier alpha value is -2.58. The van der Waals surface area contributed by atoms with Crippen LogP contribution in [-0.4, -0.2) is 10.9 Å². The van der Waals surface area contributed by atoms with E-state index in [2.05, 4.69) is 10.3 Å². The molecule has 1 heterocycles. The molecule has 1 N–H and O–H groups in total. The van der Waals surface area contributed by atoms with Gasteiger partial charge in [-0.1, -0.05) is 6.07 Å². The van der Waals surface area contributed by atoms with Crippen LogP contribution in [-0.2, 0) is 12.4 Å². The number of aromatic nitrogens is 1. The van der Waals surface area contributed by atoms with Gasteiger partial charge in [0.25, 0.3) is 5.91 Å². The van der Waals surface area contributed by atoms with Gasteiger partial charge in [0.2, 0.25) is 0 Å². The normalized spacial score (nSPS) is 12.1. The van der Waals surface area contributed by atoms with E-state index >= 15 is 0 Å². The van der Waals surface area contributed by atoms with Crippen molar-refractivity contribution < 1.29 is 31.1 Å². The third-order valence-electron chi connectivity index (χ3n) is 2.98. The minimum Gasteiger partial charge on any atom is -0.307 e. The first-order chi connectivity index (χ1) is 11.0. The number of rotatable bonds is 2. The van der Waals surface area contributed by atoms with E-state index in [1.54, 1.807) is 13.0 Å². The van der Waals surface area contributed by atoms with Crippen molar-refractivity contribution in [1.82, 2.24) is 4.98 Å². The molecule has 3 nitrogen and oxygen atoms in total. The minimum atomic E-state index is -5.02. The number of aryl methyl sites for hydroxylation is 1. The van der Waals surface area contributed by atoms with Gasteiger partial charge in [0, 0.05) is 11.3 Å². The van der Waals surface area contributed by atoms with Crippen molar-refractivity contribution in [3.8, 4) is 0 Å². The van der Waals surface area contributed by atoms with Gasteiger partial charge in [-0.25, -0.2) is 4.98 Å². The second-order valence-corrected chi connectivity index (χ2v) is 4.91. The fourth-order valence-electron chi connectivity index (χ4n) is 1.89. The number of carbonyl (C=O) groups excluding carboxylic acids is 1. The summed E-state index contributed by atoms with van der Waals surface area (Å²) in [6.45, 7) is 1.61. The number of carbonyl (C=O) groups is 1. The van der Waals surface area contributed by atoms with Gasteiger partial charge in [-0.05, 0) is 37.3 Å². The Morgan fingerprint density at radius 2 is 1.50 bits per heavy atom. The minimum absolute atomic E-state index is 0.0194. The molecule has 0 fully saturated rings. The molecule has 2 aromatic rings. The lowest BCUT2D eigenvalue weighted by Gasteiger charge is -2.14. The fraction of sp³-hybridized carbons (Fsp3) is 0.200. The number of halogens is 6. The molecule has 128 valence electrons. The van der Waals surface area contributed by atoms with Gasteiger partial charge < -0.3 is 5.32 Å². The standard InChI is InChI=1S/C15H10F6N2O/c1-8-3-2-4-12(22-8)23-13(24)9-5-10(14(16,17)18)7-11(6-9)15(19,20)21/h2-7H,1H3,(H,22,23,24). The lowest BCUT2D eigenvalue weighted by Crippen LogP contribution is -2.17. The Morgan fingerprint density at radius 1 is 0.958 bits per heavy atom. The molecule has 0 atom stereocenters. The molecule has 1 aromatic carbocycles. The molecule has 0 aliphatic heterocycles. The van der Waals surface area contributed by atoms with Crippen molar-refractivity contribution in [2.24, 2.45) is 0 Å². The number of pyridine rings is 1. The zero-order chi connectivity index (χ0) is 18.1. The molecule has 1 aromatic heterocycles. The third kappa shape index (κ3) is 4.24. The van der Waals surface area contributed by atoms with E-state index in [0.717, 1.165) is 0 Å². The number of nitrogens with zero attached hydrogens (tertiary/aromatic N) is 1. The van der Waals surface area contributed by atoms with Gasteiger partial charge >= 0.3 is 12.4 Å². The number of anilines is 1. The largest absolute Gasteiger partial charge is 0.416 e. The summed E-state index contributed by atoms with van der Waals surface area (Å²) in [4.78, 5) is 15.9. The maximum absolute atomic E-state index is 12.8. The molecular formula is C15H10F6N2O. The first-order valence-electron chi connectivity index (χ1n) is 6.51. The van der Waals surface area contributed by atoms with Crippen LogP contribution >= 0.6 is 0 Å². The molecule has 9 heteroatoms. The highest BCUT2D eigenvalue weighted by Gasteiger charge is 2.37. The lowest BCUT2D eigenvalue weighted by molar-refractivity contribution is -0.143. The number of alkyl halides is 6. The highest BCUT2D eigenvalue weighted by Crippen LogP contribution is 2.36. The quantitative estimate of drug-likeness (QED) is 0.801. The Labute approximate surface area is 132 Å². The van der Waals surface area contributed by atoms with Crippen LogP contribution in [0.2, 0.25) is 0 Å². The van der Waals surface area contributed by atoms with Crippen LogP contribution in [0.5, 0.6) is 0 Å². The van der Waals surface area contributed by atoms with Crippen LogP contribution in [0.25, 0.3) is 0 Å². The Kier molecular flexibility index (Phi) is 4.54. The maximum atomic E-state index is 12.8. The summed E-state index contributed by atoms with van der Waals surface area (Å²) in [5.41, 5.74) is -3.35. The topological polar surface area (TPSA) is 42.0 Å². The van der Waals surface area contributed by atoms with E-state index in [0.29, 0.717) is 17.8 Å². The summed E-state index contributed by atoms with van der Waals surface area (Å²) in [7, 11) is 0. The first kappa shape index (κ1) is 17.8.